The van der Waals surface area contributed by atoms with Crippen LogP contribution in [0.4, 0.5) is 5.69 Å². The molecular weight excluding hydrogens is 436 g/mol. The molecule has 0 unspecified atom stereocenters. The van der Waals surface area contributed by atoms with Crippen LogP contribution in [0, 0.1) is 0 Å². The van der Waals surface area contributed by atoms with E-state index >= 15 is 0 Å². The number of ether oxygens (including phenoxy) is 3. The monoisotopic (exact) mass is 466 g/mol. The van der Waals surface area contributed by atoms with Gasteiger partial charge in [0.2, 0.25) is 11.7 Å². The highest BCUT2D eigenvalue weighted by molar-refractivity contribution is 5.88. The molecule has 1 fully saturated rings. The number of rotatable bonds is 11. The van der Waals surface area contributed by atoms with Gasteiger partial charge in [0.25, 0.3) is 5.89 Å². The van der Waals surface area contributed by atoms with E-state index in [0.29, 0.717) is 36.4 Å². The molecule has 0 atom stereocenters. The summed E-state index contributed by atoms with van der Waals surface area (Å²) < 4.78 is 22.5. The number of amides is 1. The van der Waals surface area contributed by atoms with E-state index in [1.807, 2.05) is 42.5 Å². The van der Waals surface area contributed by atoms with Crippen molar-refractivity contribution >= 4 is 11.6 Å². The molecule has 0 radical (unpaired) electrons. The van der Waals surface area contributed by atoms with Crippen molar-refractivity contribution in [1.29, 1.82) is 0 Å². The van der Waals surface area contributed by atoms with Gasteiger partial charge in [-0.2, -0.15) is 4.98 Å². The van der Waals surface area contributed by atoms with Crippen molar-refractivity contribution in [3.05, 3.63) is 53.9 Å². The molecule has 0 spiro atoms. The Hall–Kier alpha value is -3.43. The summed E-state index contributed by atoms with van der Waals surface area (Å²) in [5.41, 5.74) is 2.49. The molecule has 180 valence electrons. The van der Waals surface area contributed by atoms with Crippen molar-refractivity contribution in [1.82, 2.24) is 15.0 Å². The Bertz CT molecular complexity index is 1080. The van der Waals surface area contributed by atoms with Crippen molar-refractivity contribution in [3.63, 3.8) is 0 Å². The number of nitrogens with one attached hydrogen (secondary N) is 1. The normalized spacial score (nSPS) is 13.7. The van der Waals surface area contributed by atoms with Gasteiger partial charge < -0.3 is 24.1 Å². The molecule has 4 rings (SSSR count). The number of methoxy groups -OCH3 is 1. The molecule has 0 aliphatic carbocycles. The average Bonchev–Trinajstić information content (AvgIpc) is 3.52. The molecule has 1 aromatic heterocycles. The van der Waals surface area contributed by atoms with Gasteiger partial charge in [-0.3, -0.25) is 9.69 Å². The highest BCUT2D eigenvalue weighted by Gasteiger charge is 2.14. The van der Waals surface area contributed by atoms with Crippen molar-refractivity contribution in [2.24, 2.45) is 0 Å². The maximum atomic E-state index is 11.1. The third kappa shape index (κ3) is 6.55. The first kappa shape index (κ1) is 23.7. The third-order valence-corrected chi connectivity index (χ3v) is 5.52. The van der Waals surface area contributed by atoms with Crippen LogP contribution in [0.3, 0.4) is 0 Å². The lowest BCUT2D eigenvalue weighted by atomic mass is 10.2. The van der Waals surface area contributed by atoms with E-state index in [-0.39, 0.29) is 12.5 Å². The van der Waals surface area contributed by atoms with Crippen LogP contribution in [0.25, 0.3) is 11.4 Å². The zero-order valence-electron chi connectivity index (χ0n) is 19.6. The lowest BCUT2D eigenvalue weighted by molar-refractivity contribution is -0.114. The number of benzene rings is 2. The van der Waals surface area contributed by atoms with Crippen LogP contribution in [-0.4, -0.2) is 54.3 Å². The molecule has 1 aliphatic rings. The second-order valence-corrected chi connectivity index (χ2v) is 8.15. The zero-order chi connectivity index (χ0) is 23.8. The highest BCUT2D eigenvalue weighted by Crippen LogP contribution is 2.31. The first-order valence-electron chi connectivity index (χ1n) is 11.4. The number of nitrogens with zero attached hydrogens (tertiary/aromatic N) is 3. The van der Waals surface area contributed by atoms with Gasteiger partial charge in [0.05, 0.1) is 13.7 Å². The molecular formula is C25H30N4O5. The summed E-state index contributed by atoms with van der Waals surface area (Å²) in [7, 11) is 1.62. The Labute approximate surface area is 199 Å². The fraction of sp³-hybridized carbons (Fsp3) is 0.400. The van der Waals surface area contributed by atoms with E-state index in [0.717, 1.165) is 36.4 Å². The predicted molar refractivity (Wildman–Crippen MR) is 127 cm³/mol. The molecule has 0 saturated carbocycles. The van der Waals surface area contributed by atoms with Crippen LogP contribution in [0.5, 0.6) is 11.5 Å². The van der Waals surface area contributed by atoms with Gasteiger partial charge >= 0.3 is 0 Å². The van der Waals surface area contributed by atoms with Crippen molar-refractivity contribution in [2.75, 3.05) is 38.7 Å². The fourth-order valence-corrected chi connectivity index (χ4v) is 3.79. The summed E-state index contributed by atoms with van der Waals surface area (Å²) in [5.74, 6) is 2.06. The molecule has 1 saturated heterocycles. The van der Waals surface area contributed by atoms with Crippen LogP contribution in [-0.2, 0) is 22.7 Å². The molecule has 34 heavy (non-hydrogen) atoms. The van der Waals surface area contributed by atoms with Crippen LogP contribution < -0.4 is 14.8 Å². The molecule has 9 nitrogen and oxygen atoms in total. The summed E-state index contributed by atoms with van der Waals surface area (Å²) in [4.78, 5) is 17.9. The molecule has 9 heteroatoms. The van der Waals surface area contributed by atoms with Crippen molar-refractivity contribution < 1.29 is 23.5 Å². The van der Waals surface area contributed by atoms with E-state index in [1.54, 1.807) is 7.11 Å². The maximum Gasteiger partial charge on any atom is 0.252 e. The topological polar surface area (TPSA) is 99.0 Å². The molecule has 1 amide bonds. The Kier molecular flexibility index (Phi) is 8.11. The minimum atomic E-state index is -0.103. The SMILES string of the molecule is COc1cc(-c2noc(COCc3ccc(NC(C)=O)cc3)n2)ccc1OCCN1CCCC1. The third-order valence-electron chi connectivity index (χ3n) is 5.52. The summed E-state index contributed by atoms with van der Waals surface area (Å²) >= 11 is 0. The van der Waals surface area contributed by atoms with Crippen molar-refractivity contribution in [2.45, 2.75) is 33.0 Å². The summed E-state index contributed by atoms with van der Waals surface area (Å²) in [6.07, 6.45) is 2.53. The Morgan fingerprint density at radius 2 is 1.88 bits per heavy atom. The molecule has 2 aromatic carbocycles. The van der Waals surface area contributed by atoms with Gasteiger partial charge in [-0.1, -0.05) is 17.3 Å². The van der Waals surface area contributed by atoms with E-state index in [1.165, 1.54) is 19.8 Å². The standard InChI is InChI=1S/C25H30N4O5/c1-18(30)26-21-8-5-19(6-9-21)16-32-17-24-27-25(28-34-24)20-7-10-22(23(15-20)31-2)33-14-13-29-11-3-4-12-29/h5-10,15H,3-4,11-14,16-17H2,1-2H3,(H,26,30). The van der Waals surface area contributed by atoms with Crippen molar-refractivity contribution in [3.8, 4) is 22.9 Å². The first-order valence-corrected chi connectivity index (χ1v) is 11.4. The van der Waals surface area contributed by atoms with Gasteiger partial charge in [-0.15, -0.1) is 0 Å². The number of anilines is 1. The lowest BCUT2D eigenvalue weighted by Crippen LogP contribution is -2.25. The fourth-order valence-electron chi connectivity index (χ4n) is 3.79. The van der Waals surface area contributed by atoms with E-state index in [2.05, 4.69) is 20.4 Å². The Morgan fingerprint density at radius 3 is 2.62 bits per heavy atom. The Balaban J connectivity index is 1.29. The molecule has 0 bridgehead atoms. The number of aromatic nitrogens is 2. The van der Waals surface area contributed by atoms with E-state index in [4.69, 9.17) is 18.7 Å². The second-order valence-electron chi connectivity index (χ2n) is 8.15. The summed E-state index contributed by atoms with van der Waals surface area (Å²) in [6.45, 7) is 5.88. The second kappa shape index (κ2) is 11.6. The number of likely N-dealkylation sites (tertiary alicyclic amines) is 1. The highest BCUT2D eigenvalue weighted by atomic mass is 16.5. The zero-order valence-corrected chi connectivity index (χ0v) is 19.6. The first-order chi connectivity index (χ1) is 16.6. The molecule has 1 N–H and O–H groups in total. The van der Waals surface area contributed by atoms with Gasteiger partial charge in [0.15, 0.2) is 11.5 Å². The molecule has 2 heterocycles. The largest absolute Gasteiger partial charge is 0.493 e. The van der Waals surface area contributed by atoms with Crippen LogP contribution in [0.15, 0.2) is 47.0 Å². The minimum Gasteiger partial charge on any atom is -0.493 e. The summed E-state index contributed by atoms with van der Waals surface area (Å²) in [6, 6.07) is 13.1. The number of carbonyl (C=O) groups excluding carboxylic acids is 1. The molecule has 1 aliphatic heterocycles. The predicted octanol–water partition coefficient (Wildman–Crippen LogP) is 3.90. The van der Waals surface area contributed by atoms with Gasteiger partial charge in [0, 0.05) is 24.7 Å². The maximum absolute atomic E-state index is 11.1. The summed E-state index contributed by atoms with van der Waals surface area (Å²) in [5, 5.41) is 6.79. The molecule has 3 aromatic rings. The average molecular weight is 467 g/mol. The van der Waals surface area contributed by atoms with Crippen LogP contribution in [0.1, 0.15) is 31.2 Å². The number of hydrogen-bond acceptors (Lipinski definition) is 8. The van der Waals surface area contributed by atoms with Gasteiger partial charge in [-0.05, 0) is 61.8 Å². The number of carbonyl (C=O) groups is 1. The minimum absolute atomic E-state index is 0.103. The van der Waals surface area contributed by atoms with Crippen LogP contribution >= 0.6 is 0 Å². The van der Waals surface area contributed by atoms with Crippen LogP contribution in [0.2, 0.25) is 0 Å². The number of hydrogen-bond donors (Lipinski definition) is 1. The van der Waals surface area contributed by atoms with Gasteiger partial charge in [-0.25, -0.2) is 0 Å². The smallest absolute Gasteiger partial charge is 0.252 e. The Morgan fingerprint density at radius 1 is 1.09 bits per heavy atom. The quantitative estimate of drug-likeness (QED) is 0.454. The van der Waals surface area contributed by atoms with Gasteiger partial charge in [0.1, 0.15) is 13.2 Å². The van der Waals surface area contributed by atoms with E-state index in [9.17, 15) is 4.79 Å². The lowest BCUT2D eigenvalue weighted by Gasteiger charge is -2.16. The van der Waals surface area contributed by atoms with E-state index < -0.39 is 0 Å².